The van der Waals surface area contributed by atoms with Crippen molar-refractivity contribution in [2.45, 2.75) is 59.4 Å². The maximum Gasteiger partial charge on any atom is 0.123 e. The molecule has 1 aromatic carbocycles. The highest BCUT2D eigenvalue weighted by Gasteiger charge is 2.14. The summed E-state index contributed by atoms with van der Waals surface area (Å²) in [4.78, 5) is 0. The third kappa shape index (κ3) is 5.73. The zero-order chi connectivity index (χ0) is 14.3. The molecule has 0 fully saturated rings. The standard InChI is InChI=1S/C17H28FN/c1-5-11-19-17(8-6-7-13(2)3)16-12-15(18)10-9-14(16)4/h9-10,12-13,17,19H,5-8,11H2,1-4H3. The fraction of sp³-hybridized carbons (Fsp3) is 0.647. The van der Waals surface area contributed by atoms with Crippen LogP contribution in [-0.4, -0.2) is 6.54 Å². The molecule has 108 valence electrons. The summed E-state index contributed by atoms with van der Waals surface area (Å²) in [6, 6.07) is 5.41. The zero-order valence-corrected chi connectivity index (χ0v) is 12.8. The van der Waals surface area contributed by atoms with Crippen molar-refractivity contribution in [2.75, 3.05) is 6.54 Å². The summed E-state index contributed by atoms with van der Waals surface area (Å²) in [6.45, 7) is 9.72. The Hall–Kier alpha value is -0.890. The number of halogens is 1. The van der Waals surface area contributed by atoms with Crippen molar-refractivity contribution in [3.63, 3.8) is 0 Å². The first-order chi connectivity index (χ1) is 9.04. The van der Waals surface area contributed by atoms with Gasteiger partial charge in [-0.3, -0.25) is 0 Å². The van der Waals surface area contributed by atoms with Crippen molar-refractivity contribution < 1.29 is 4.39 Å². The topological polar surface area (TPSA) is 12.0 Å². The van der Waals surface area contributed by atoms with Crippen LogP contribution in [0.25, 0.3) is 0 Å². The predicted molar refractivity (Wildman–Crippen MR) is 80.9 cm³/mol. The van der Waals surface area contributed by atoms with Gasteiger partial charge < -0.3 is 5.32 Å². The molecule has 0 saturated heterocycles. The Bertz CT molecular complexity index is 374. The molecule has 0 aliphatic carbocycles. The molecule has 0 heterocycles. The molecule has 0 amide bonds. The lowest BCUT2D eigenvalue weighted by Gasteiger charge is -2.21. The maximum atomic E-state index is 13.5. The Morgan fingerprint density at radius 2 is 1.95 bits per heavy atom. The Labute approximate surface area is 117 Å². The van der Waals surface area contributed by atoms with Crippen LogP contribution in [0, 0.1) is 18.7 Å². The second-order valence-corrected chi connectivity index (χ2v) is 5.83. The lowest BCUT2D eigenvalue weighted by molar-refractivity contribution is 0.445. The van der Waals surface area contributed by atoms with Crippen LogP contribution in [0.4, 0.5) is 4.39 Å². The van der Waals surface area contributed by atoms with Gasteiger partial charge in [-0.2, -0.15) is 0 Å². The lowest BCUT2D eigenvalue weighted by atomic mass is 9.95. The summed E-state index contributed by atoms with van der Waals surface area (Å²) in [7, 11) is 0. The Kier molecular flexibility index (Phi) is 7.07. The molecule has 0 aromatic heterocycles. The van der Waals surface area contributed by atoms with E-state index in [-0.39, 0.29) is 11.9 Å². The number of rotatable bonds is 8. The van der Waals surface area contributed by atoms with E-state index in [1.165, 1.54) is 18.4 Å². The highest BCUT2D eigenvalue weighted by Crippen LogP contribution is 2.24. The normalized spacial score (nSPS) is 12.9. The predicted octanol–water partition coefficient (Wildman–Crippen LogP) is 5.00. The molecule has 1 N–H and O–H groups in total. The molecule has 0 aliphatic rings. The molecule has 0 aliphatic heterocycles. The van der Waals surface area contributed by atoms with E-state index >= 15 is 0 Å². The number of nitrogens with one attached hydrogen (secondary N) is 1. The van der Waals surface area contributed by atoms with Gasteiger partial charge in [-0.1, -0.05) is 39.7 Å². The van der Waals surface area contributed by atoms with E-state index in [2.05, 4.69) is 33.0 Å². The number of benzene rings is 1. The minimum absolute atomic E-state index is 0.132. The molecular weight excluding hydrogens is 237 g/mol. The van der Waals surface area contributed by atoms with E-state index in [1.54, 1.807) is 12.1 Å². The molecule has 0 saturated carbocycles. The first-order valence-electron chi connectivity index (χ1n) is 7.54. The van der Waals surface area contributed by atoms with Gasteiger partial charge in [0.2, 0.25) is 0 Å². The van der Waals surface area contributed by atoms with E-state index in [0.29, 0.717) is 0 Å². The summed E-state index contributed by atoms with van der Waals surface area (Å²) in [5.74, 6) is 0.605. The van der Waals surface area contributed by atoms with Gasteiger partial charge >= 0.3 is 0 Å². The molecule has 1 rings (SSSR count). The largest absolute Gasteiger partial charge is 0.310 e. The van der Waals surface area contributed by atoms with Crippen molar-refractivity contribution >= 4 is 0 Å². The fourth-order valence-corrected chi connectivity index (χ4v) is 2.40. The first-order valence-corrected chi connectivity index (χ1v) is 7.54. The quantitative estimate of drug-likeness (QED) is 0.697. The molecule has 2 heteroatoms. The monoisotopic (exact) mass is 265 g/mol. The van der Waals surface area contributed by atoms with Gasteiger partial charge in [-0.25, -0.2) is 4.39 Å². The van der Waals surface area contributed by atoms with E-state index in [9.17, 15) is 4.39 Å². The van der Waals surface area contributed by atoms with Gasteiger partial charge in [0.15, 0.2) is 0 Å². The summed E-state index contributed by atoms with van der Waals surface area (Å²) < 4.78 is 13.5. The van der Waals surface area contributed by atoms with Crippen LogP contribution in [0.1, 0.15) is 63.6 Å². The number of aryl methyl sites for hydroxylation is 1. The summed E-state index contributed by atoms with van der Waals surface area (Å²) in [6.07, 6.45) is 4.62. The molecule has 1 atom stereocenters. The smallest absolute Gasteiger partial charge is 0.123 e. The van der Waals surface area contributed by atoms with Crippen molar-refractivity contribution in [1.29, 1.82) is 0 Å². The average molecular weight is 265 g/mol. The molecule has 19 heavy (non-hydrogen) atoms. The number of hydrogen-bond acceptors (Lipinski definition) is 1. The second-order valence-electron chi connectivity index (χ2n) is 5.83. The van der Waals surface area contributed by atoms with E-state index in [4.69, 9.17) is 0 Å². The first kappa shape index (κ1) is 16.2. The van der Waals surface area contributed by atoms with E-state index in [0.717, 1.165) is 30.9 Å². The van der Waals surface area contributed by atoms with Crippen LogP contribution in [0.5, 0.6) is 0 Å². The SMILES string of the molecule is CCCNC(CCCC(C)C)c1cc(F)ccc1C. The fourth-order valence-electron chi connectivity index (χ4n) is 2.40. The highest BCUT2D eigenvalue weighted by molar-refractivity contribution is 5.29. The van der Waals surface area contributed by atoms with Crippen LogP contribution >= 0.6 is 0 Å². The Balaban J connectivity index is 2.73. The molecule has 0 bridgehead atoms. The van der Waals surface area contributed by atoms with E-state index in [1.807, 2.05) is 6.07 Å². The van der Waals surface area contributed by atoms with Gasteiger partial charge in [-0.15, -0.1) is 0 Å². The third-order valence-corrected chi connectivity index (χ3v) is 3.53. The number of hydrogen-bond donors (Lipinski definition) is 1. The molecule has 0 spiro atoms. The van der Waals surface area contributed by atoms with Crippen molar-refractivity contribution in [1.82, 2.24) is 5.32 Å². The second kappa shape index (κ2) is 8.31. The van der Waals surface area contributed by atoms with Gasteiger partial charge in [-0.05, 0) is 55.5 Å². The van der Waals surface area contributed by atoms with Crippen molar-refractivity contribution in [3.05, 3.63) is 35.1 Å². The van der Waals surface area contributed by atoms with Crippen molar-refractivity contribution in [3.8, 4) is 0 Å². The van der Waals surface area contributed by atoms with Gasteiger partial charge in [0, 0.05) is 6.04 Å². The summed E-state index contributed by atoms with van der Waals surface area (Å²) in [5.41, 5.74) is 2.30. The summed E-state index contributed by atoms with van der Waals surface area (Å²) in [5, 5.41) is 3.56. The van der Waals surface area contributed by atoms with Gasteiger partial charge in [0.25, 0.3) is 0 Å². The molecular formula is C17H28FN. The minimum atomic E-state index is -0.132. The highest BCUT2D eigenvalue weighted by atomic mass is 19.1. The van der Waals surface area contributed by atoms with Crippen LogP contribution < -0.4 is 5.32 Å². The molecule has 1 aromatic rings. The van der Waals surface area contributed by atoms with Crippen molar-refractivity contribution in [2.24, 2.45) is 5.92 Å². The van der Waals surface area contributed by atoms with E-state index < -0.39 is 0 Å². The zero-order valence-electron chi connectivity index (χ0n) is 12.8. The van der Waals surface area contributed by atoms with Gasteiger partial charge in [0.05, 0.1) is 0 Å². The van der Waals surface area contributed by atoms with Crippen LogP contribution in [0.3, 0.4) is 0 Å². The molecule has 0 radical (unpaired) electrons. The molecule has 1 unspecified atom stereocenters. The van der Waals surface area contributed by atoms with Crippen LogP contribution in [0.15, 0.2) is 18.2 Å². The third-order valence-electron chi connectivity index (χ3n) is 3.53. The maximum absolute atomic E-state index is 13.5. The summed E-state index contributed by atoms with van der Waals surface area (Å²) >= 11 is 0. The van der Waals surface area contributed by atoms with Crippen LogP contribution in [0.2, 0.25) is 0 Å². The van der Waals surface area contributed by atoms with Gasteiger partial charge in [0.1, 0.15) is 5.82 Å². The lowest BCUT2D eigenvalue weighted by Crippen LogP contribution is -2.23. The van der Waals surface area contributed by atoms with Crippen LogP contribution in [-0.2, 0) is 0 Å². The average Bonchev–Trinajstić information content (AvgIpc) is 2.36. The Morgan fingerprint density at radius 1 is 1.21 bits per heavy atom. The molecule has 1 nitrogen and oxygen atoms in total. The minimum Gasteiger partial charge on any atom is -0.310 e. The Morgan fingerprint density at radius 3 is 2.58 bits per heavy atom.